The zero-order valence-electron chi connectivity index (χ0n) is 16.8. The average Bonchev–Trinajstić information content (AvgIpc) is 3.46. The van der Waals surface area contributed by atoms with Crippen LogP contribution in [0.2, 0.25) is 0 Å². The number of aliphatic hydroxyl groups is 1. The molecule has 1 saturated heterocycles. The molecule has 2 heterocycles. The third-order valence-electron chi connectivity index (χ3n) is 5.52. The van der Waals surface area contributed by atoms with Gasteiger partial charge in [0.2, 0.25) is 0 Å². The van der Waals surface area contributed by atoms with Gasteiger partial charge in [-0.05, 0) is 55.4 Å². The highest BCUT2D eigenvalue weighted by Gasteiger charge is 2.38. The number of carbonyl (C=O) groups is 1. The van der Waals surface area contributed by atoms with Crippen LogP contribution < -0.4 is 9.64 Å². The molecule has 4 rings (SSSR count). The average molecular weight is 397 g/mol. The predicted molar refractivity (Wildman–Crippen MR) is 108 cm³/mol. The quantitative estimate of drug-likeness (QED) is 0.736. The summed E-state index contributed by atoms with van der Waals surface area (Å²) in [6, 6.07) is 9.42. The number of hydrogen-bond donors (Lipinski definition) is 1. The summed E-state index contributed by atoms with van der Waals surface area (Å²) < 4.78 is 10.9. The minimum Gasteiger partial charge on any atom is -0.493 e. The van der Waals surface area contributed by atoms with Gasteiger partial charge in [-0.1, -0.05) is 19.1 Å². The molecule has 154 valence electrons. The summed E-state index contributed by atoms with van der Waals surface area (Å²) in [6.45, 7) is 4.73. The van der Waals surface area contributed by atoms with Crippen molar-refractivity contribution in [2.24, 2.45) is 5.92 Å². The number of nitrogens with zero attached hydrogens (tertiary/aromatic N) is 3. The lowest BCUT2D eigenvalue weighted by Gasteiger charge is -2.22. The van der Waals surface area contributed by atoms with Gasteiger partial charge >= 0.3 is 6.09 Å². The van der Waals surface area contributed by atoms with Gasteiger partial charge in [-0.25, -0.2) is 14.8 Å². The molecule has 1 aromatic carbocycles. The molecule has 1 N–H and O–H groups in total. The Kier molecular flexibility index (Phi) is 5.67. The molecule has 0 bridgehead atoms. The Morgan fingerprint density at radius 2 is 2.00 bits per heavy atom. The fraction of sp³-hybridized carbons (Fsp3) is 0.500. The highest BCUT2D eigenvalue weighted by molar-refractivity contribution is 5.89. The maximum Gasteiger partial charge on any atom is 0.416 e. The van der Waals surface area contributed by atoms with Gasteiger partial charge in [-0.3, -0.25) is 4.90 Å². The molecular weight excluding hydrogens is 370 g/mol. The lowest BCUT2D eigenvalue weighted by Crippen LogP contribution is -2.41. The van der Waals surface area contributed by atoms with Crippen LogP contribution in [0.4, 0.5) is 10.6 Å². The maximum atomic E-state index is 12.1. The maximum absolute atomic E-state index is 12.1. The zero-order chi connectivity index (χ0) is 20.4. The van der Waals surface area contributed by atoms with Crippen molar-refractivity contribution < 1.29 is 19.4 Å². The minimum atomic E-state index is -0.709. The highest BCUT2D eigenvalue weighted by atomic mass is 16.6. The summed E-state index contributed by atoms with van der Waals surface area (Å²) in [5, 5.41) is 9.93. The lowest BCUT2D eigenvalue weighted by molar-refractivity contribution is 0.142. The standard InChI is InChI=1S/C22H27N3O4/c1-14(17-5-7-18(8-6-17)28-12-16-3-4-16)11-20-23-10-9-21(24-20)25-19(15(2)26)13-29-22(25)27/h5-10,14-16,19,26H,3-4,11-13H2,1-2H3/t14-,15-,19-/m1/s1. The van der Waals surface area contributed by atoms with Crippen LogP contribution in [0.25, 0.3) is 0 Å². The molecule has 29 heavy (non-hydrogen) atoms. The Morgan fingerprint density at radius 3 is 2.69 bits per heavy atom. The monoisotopic (exact) mass is 397 g/mol. The number of cyclic esters (lactones) is 1. The number of aromatic nitrogens is 2. The summed E-state index contributed by atoms with van der Waals surface area (Å²) in [6.07, 6.45) is 3.64. The lowest BCUT2D eigenvalue weighted by atomic mass is 9.97. The minimum absolute atomic E-state index is 0.154. The molecule has 3 atom stereocenters. The van der Waals surface area contributed by atoms with E-state index in [9.17, 15) is 9.90 Å². The van der Waals surface area contributed by atoms with Crippen LogP contribution in [0.1, 0.15) is 44.0 Å². The van der Waals surface area contributed by atoms with E-state index in [4.69, 9.17) is 9.47 Å². The van der Waals surface area contributed by atoms with Gasteiger partial charge in [0.25, 0.3) is 0 Å². The highest BCUT2D eigenvalue weighted by Crippen LogP contribution is 2.30. The zero-order valence-corrected chi connectivity index (χ0v) is 16.8. The molecule has 7 nitrogen and oxygen atoms in total. The molecule has 1 aliphatic heterocycles. The first kappa shape index (κ1) is 19.6. The molecule has 1 saturated carbocycles. The van der Waals surface area contributed by atoms with Crippen LogP contribution in [0, 0.1) is 5.92 Å². The molecule has 2 fully saturated rings. The molecule has 1 aliphatic carbocycles. The van der Waals surface area contributed by atoms with E-state index in [-0.39, 0.29) is 12.5 Å². The smallest absolute Gasteiger partial charge is 0.416 e. The second-order valence-corrected chi connectivity index (χ2v) is 8.01. The van der Waals surface area contributed by atoms with E-state index < -0.39 is 18.2 Å². The molecular formula is C22H27N3O4. The molecule has 7 heteroatoms. The number of ether oxygens (including phenoxy) is 2. The number of aliphatic hydroxyl groups excluding tert-OH is 1. The van der Waals surface area contributed by atoms with Crippen molar-refractivity contribution in [1.29, 1.82) is 0 Å². The second-order valence-electron chi connectivity index (χ2n) is 8.01. The van der Waals surface area contributed by atoms with Crippen molar-refractivity contribution in [1.82, 2.24) is 9.97 Å². The molecule has 0 unspecified atom stereocenters. The van der Waals surface area contributed by atoms with Crippen LogP contribution in [-0.2, 0) is 11.2 Å². The summed E-state index contributed by atoms with van der Waals surface area (Å²) >= 11 is 0. The van der Waals surface area contributed by atoms with E-state index in [2.05, 4.69) is 29.0 Å². The van der Waals surface area contributed by atoms with E-state index in [0.717, 1.165) is 18.3 Å². The van der Waals surface area contributed by atoms with Crippen molar-refractivity contribution in [3.05, 3.63) is 47.9 Å². The third kappa shape index (κ3) is 4.67. The van der Waals surface area contributed by atoms with Crippen molar-refractivity contribution in [3.63, 3.8) is 0 Å². The fourth-order valence-electron chi connectivity index (χ4n) is 3.46. The van der Waals surface area contributed by atoms with Crippen LogP contribution in [-0.4, -0.2) is 46.5 Å². The largest absolute Gasteiger partial charge is 0.493 e. The number of rotatable bonds is 8. The normalized spacial score (nSPS) is 21.0. The van der Waals surface area contributed by atoms with E-state index >= 15 is 0 Å². The Morgan fingerprint density at radius 1 is 1.24 bits per heavy atom. The number of anilines is 1. The second kappa shape index (κ2) is 8.37. The third-order valence-corrected chi connectivity index (χ3v) is 5.52. The number of hydrogen-bond acceptors (Lipinski definition) is 6. The van der Waals surface area contributed by atoms with Crippen LogP contribution in [0.5, 0.6) is 5.75 Å². The van der Waals surface area contributed by atoms with Crippen LogP contribution in [0.3, 0.4) is 0 Å². The summed E-state index contributed by atoms with van der Waals surface area (Å²) in [4.78, 5) is 22.4. The Hall–Kier alpha value is -2.67. The van der Waals surface area contributed by atoms with Crippen molar-refractivity contribution in [3.8, 4) is 5.75 Å². The first-order valence-electron chi connectivity index (χ1n) is 10.2. The summed E-state index contributed by atoms with van der Waals surface area (Å²) in [5.41, 5.74) is 1.18. The van der Waals surface area contributed by atoms with Crippen molar-refractivity contribution in [2.45, 2.75) is 51.2 Å². The van der Waals surface area contributed by atoms with Gasteiger partial charge in [0.15, 0.2) is 0 Å². The van der Waals surface area contributed by atoms with E-state index in [0.29, 0.717) is 18.1 Å². The fourth-order valence-corrected chi connectivity index (χ4v) is 3.46. The van der Waals surface area contributed by atoms with E-state index in [1.165, 1.54) is 23.3 Å². The van der Waals surface area contributed by atoms with Crippen molar-refractivity contribution in [2.75, 3.05) is 18.1 Å². The number of carbonyl (C=O) groups excluding carboxylic acids is 1. The summed E-state index contributed by atoms with van der Waals surface area (Å²) in [5.74, 6) is 2.95. The van der Waals surface area contributed by atoms with Crippen LogP contribution >= 0.6 is 0 Å². The molecule has 1 aromatic heterocycles. The first-order valence-corrected chi connectivity index (χ1v) is 10.2. The van der Waals surface area contributed by atoms with Gasteiger partial charge in [0, 0.05) is 12.6 Å². The van der Waals surface area contributed by atoms with E-state index in [1.54, 1.807) is 19.2 Å². The Balaban J connectivity index is 1.42. The van der Waals surface area contributed by atoms with Crippen LogP contribution in [0.15, 0.2) is 36.5 Å². The number of benzene rings is 1. The Labute approximate surface area is 170 Å². The van der Waals surface area contributed by atoms with E-state index in [1.807, 2.05) is 12.1 Å². The SMILES string of the molecule is C[C@H](Cc1nccc(N2C(=O)OC[C@@H]2[C@@H](C)O)n1)c1ccc(OCC2CC2)cc1. The molecule has 0 radical (unpaired) electrons. The molecule has 2 aliphatic rings. The van der Waals surface area contributed by atoms with Gasteiger partial charge in [-0.2, -0.15) is 0 Å². The van der Waals surface area contributed by atoms with Crippen molar-refractivity contribution >= 4 is 11.9 Å². The topological polar surface area (TPSA) is 84.8 Å². The van der Waals surface area contributed by atoms with Gasteiger partial charge < -0.3 is 14.6 Å². The molecule has 1 amide bonds. The number of amides is 1. The van der Waals surface area contributed by atoms with Gasteiger partial charge in [-0.15, -0.1) is 0 Å². The first-order chi connectivity index (χ1) is 14.0. The Bertz CT molecular complexity index is 851. The van der Waals surface area contributed by atoms with Gasteiger partial charge in [0.05, 0.1) is 12.7 Å². The molecule has 0 spiro atoms. The predicted octanol–water partition coefficient (Wildman–Crippen LogP) is 3.32. The van der Waals surface area contributed by atoms with Gasteiger partial charge in [0.1, 0.15) is 30.0 Å². The molecule has 2 aromatic rings. The summed E-state index contributed by atoms with van der Waals surface area (Å²) in [7, 11) is 0.